The van der Waals surface area contributed by atoms with Gasteiger partial charge in [0.25, 0.3) is 5.84 Å². The number of rotatable bonds is 4. The summed E-state index contributed by atoms with van der Waals surface area (Å²) in [4.78, 5) is 9.21. The zero-order valence-electron chi connectivity index (χ0n) is 6.65. The summed E-state index contributed by atoms with van der Waals surface area (Å²) in [6, 6.07) is 0. The third kappa shape index (κ3) is 2.68. The molecule has 0 heterocycles. The lowest BCUT2D eigenvalue weighted by Crippen LogP contribution is -2.15. The first-order valence-electron chi connectivity index (χ1n) is 4.27. The smallest absolute Gasteiger partial charge is 0.279 e. The molecule has 2 rings (SSSR count). The molecule has 1 atom stereocenters. The van der Waals surface area contributed by atoms with Gasteiger partial charge in [-0.3, -0.25) is 0 Å². The predicted octanol–water partition coefficient (Wildman–Crippen LogP) is 2.65. The highest BCUT2D eigenvalue weighted by Crippen LogP contribution is 2.56. The molecule has 0 aliphatic heterocycles. The number of hydrogen-bond acceptors (Lipinski definition) is 2. The van der Waals surface area contributed by atoms with Gasteiger partial charge in [-0.15, -0.1) is 0 Å². The van der Waals surface area contributed by atoms with E-state index in [9.17, 15) is 4.89 Å². The molecular weight excluding hydrogens is 215 g/mol. The Morgan fingerprint density at radius 2 is 1.75 bits per heavy atom. The van der Waals surface area contributed by atoms with Gasteiger partial charge >= 0.3 is 0 Å². The van der Waals surface area contributed by atoms with E-state index < -0.39 is 5.84 Å². The van der Waals surface area contributed by atoms with E-state index in [0.717, 1.165) is 0 Å². The first kappa shape index (κ1) is 9.42. The summed E-state index contributed by atoms with van der Waals surface area (Å²) in [5, 5.41) is 0. The standard InChI is InChI=1S/C7H12ClO2PS/c8-11(9,12)10-7(5-1-2-5)6-3-4-6/h5-7H,1-4H2,(H,9,12). The fraction of sp³-hybridized carbons (Fsp3) is 1.00. The number of halogens is 1. The molecule has 1 unspecified atom stereocenters. The fourth-order valence-electron chi connectivity index (χ4n) is 1.56. The molecule has 0 aromatic rings. The van der Waals surface area contributed by atoms with E-state index in [1.165, 1.54) is 25.7 Å². The van der Waals surface area contributed by atoms with E-state index in [-0.39, 0.29) is 6.10 Å². The molecule has 0 amide bonds. The van der Waals surface area contributed by atoms with Gasteiger partial charge in [-0.05, 0) is 60.6 Å². The molecule has 0 saturated heterocycles. The van der Waals surface area contributed by atoms with Crippen LogP contribution in [0, 0.1) is 11.8 Å². The van der Waals surface area contributed by atoms with E-state index in [1.807, 2.05) is 0 Å². The van der Waals surface area contributed by atoms with Gasteiger partial charge in [0.05, 0.1) is 6.10 Å². The molecule has 2 fully saturated rings. The van der Waals surface area contributed by atoms with Crippen molar-refractivity contribution in [3.63, 3.8) is 0 Å². The summed E-state index contributed by atoms with van der Waals surface area (Å²) >= 11 is 10.2. The molecule has 0 aromatic heterocycles. The second-order valence-electron chi connectivity index (χ2n) is 3.70. The second kappa shape index (κ2) is 3.21. The maximum Gasteiger partial charge on any atom is 0.279 e. The third-order valence-electron chi connectivity index (χ3n) is 2.42. The highest BCUT2D eigenvalue weighted by Gasteiger charge is 2.44. The van der Waals surface area contributed by atoms with Crippen LogP contribution >= 0.6 is 17.1 Å². The largest absolute Gasteiger partial charge is 0.334 e. The predicted molar refractivity (Wildman–Crippen MR) is 52.7 cm³/mol. The Kier molecular flexibility index (Phi) is 2.52. The maximum atomic E-state index is 9.21. The summed E-state index contributed by atoms with van der Waals surface area (Å²) in [6.45, 7) is 0. The third-order valence-corrected chi connectivity index (χ3v) is 3.43. The van der Waals surface area contributed by atoms with Crippen molar-refractivity contribution in [1.82, 2.24) is 0 Å². The average molecular weight is 227 g/mol. The van der Waals surface area contributed by atoms with Gasteiger partial charge in [-0.2, -0.15) is 0 Å². The lowest BCUT2D eigenvalue weighted by molar-refractivity contribution is 0.161. The van der Waals surface area contributed by atoms with Crippen molar-refractivity contribution in [1.29, 1.82) is 0 Å². The number of hydrogen-bond donors (Lipinski definition) is 1. The highest BCUT2D eigenvalue weighted by molar-refractivity contribution is 8.21. The molecule has 0 radical (unpaired) electrons. The van der Waals surface area contributed by atoms with Crippen LogP contribution in [-0.4, -0.2) is 11.0 Å². The lowest BCUT2D eigenvalue weighted by atomic mass is 10.1. The Hall–Kier alpha value is 0.860. The van der Waals surface area contributed by atoms with Crippen LogP contribution in [-0.2, 0) is 16.3 Å². The van der Waals surface area contributed by atoms with Gasteiger partial charge in [0, 0.05) is 0 Å². The minimum atomic E-state index is -2.94. The first-order valence-corrected chi connectivity index (χ1v) is 7.85. The maximum absolute atomic E-state index is 9.21. The molecule has 2 nitrogen and oxygen atoms in total. The van der Waals surface area contributed by atoms with E-state index in [0.29, 0.717) is 11.8 Å². The normalized spacial score (nSPS) is 28.9. The van der Waals surface area contributed by atoms with Crippen LogP contribution in [0.15, 0.2) is 0 Å². The Bertz CT molecular complexity index is 209. The van der Waals surface area contributed by atoms with Crippen LogP contribution in [0.1, 0.15) is 25.7 Å². The topological polar surface area (TPSA) is 29.5 Å². The van der Waals surface area contributed by atoms with E-state index in [4.69, 9.17) is 15.8 Å². The van der Waals surface area contributed by atoms with Crippen molar-refractivity contribution in [2.24, 2.45) is 11.8 Å². The van der Waals surface area contributed by atoms with E-state index in [2.05, 4.69) is 11.8 Å². The highest BCUT2D eigenvalue weighted by atomic mass is 35.7. The van der Waals surface area contributed by atoms with Crippen molar-refractivity contribution < 1.29 is 9.42 Å². The molecular formula is C7H12ClO2PS. The Balaban J connectivity index is 1.92. The second-order valence-corrected chi connectivity index (χ2v) is 8.27. The van der Waals surface area contributed by atoms with Crippen molar-refractivity contribution in [2.45, 2.75) is 31.8 Å². The first-order chi connectivity index (χ1) is 5.56. The molecule has 70 valence electrons. The van der Waals surface area contributed by atoms with Crippen molar-refractivity contribution in [3.8, 4) is 0 Å². The fourth-order valence-corrected chi connectivity index (χ4v) is 2.78. The zero-order chi connectivity index (χ0) is 8.77. The summed E-state index contributed by atoms with van der Waals surface area (Å²) < 4.78 is 5.33. The van der Waals surface area contributed by atoms with Gasteiger partial charge in [0.1, 0.15) is 0 Å². The van der Waals surface area contributed by atoms with E-state index in [1.54, 1.807) is 0 Å². The van der Waals surface area contributed by atoms with Crippen LogP contribution in [0.2, 0.25) is 0 Å². The molecule has 2 saturated carbocycles. The SMILES string of the molecule is OP(=S)(Cl)OC(C1CC1)C1CC1. The van der Waals surface area contributed by atoms with Crippen LogP contribution < -0.4 is 0 Å². The van der Waals surface area contributed by atoms with E-state index >= 15 is 0 Å². The minimum Gasteiger partial charge on any atom is -0.334 e. The molecule has 12 heavy (non-hydrogen) atoms. The molecule has 2 aliphatic rings. The molecule has 1 N–H and O–H groups in total. The van der Waals surface area contributed by atoms with Gasteiger partial charge in [-0.1, -0.05) is 0 Å². The van der Waals surface area contributed by atoms with Crippen molar-refractivity contribution in [3.05, 3.63) is 0 Å². The zero-order valence-corrected chi connectivity index (χ0v) is 9.12. The van der Waals surface area contributed by atoms with Crippen LogP contribution in [0.25, 0.3) is 0 Å². The van der Waals surface area contributed by atoms with Crippen LogP contribution in [0.5, 0.6) is 0 Å². The molecule has 5 heteroatoms. The Labute approximate surface area is 82.2 Å². The molecule has 2 aliphatic carbocycles. The van der Waals surface area contributed by atoms with Crippen LogP contribution in [0.3, 0.4) is 0 Å². The van der Waals surface area contributed by atoms with Crippen molar-refractivity contribution >= 4 is 28.9 Å². The minimum absolute atomic E-state index is 0.165. The summed E-state index contributed by atoms with van der Waals surface area (Å²) in [7, 11) is 0. The Morgan fingerprint density at radius 1 is 1.33 bits per heavy atom. The average Bonchev–Trinajstić information content (AvgIpc) is 2.78. The summed E-state index contributed by atoms with van der Waals surface area (Å²) in [5.74, 6) is -1.68. The summed E-state index contributed by atoms with van der Waals surface area (Å²) in [6.07, 6.45) is 5.03. The lowest BCUT2D eigenvalue weighted by Gasteiger charge is -2.18. The Morgan fingerprint density at radius 3 is 2.00 bits per heavy atom. The monoisotopic (exact) mass is 226 g/mol. The molecule has 0 spiro atoms. The summed E-state index contributed by atoms with van der Waals surface area (Å²) in [5.41, 5.74) is 0. The molecule has 0 bridgehead atoms. The van der Waals surface area contributed by atoms with Gasteiger partial charge < -0.3 is 9.42 Å². The van der Waals surface area contributed by atoms with Gasteiger partial charge in [0.15, 0.2) is 0 Å². The van der Waals surface area contributed by atoms with Crippen molar-refractivity contribution in [2.75, 3.05) is 0 Å². The van der Waals surface area contributed by atoms with Crippen LogP contribution in [0.4, 0.5) is 0 Å². The molecule has 0 aromatic carbocycles. The van der Waals surface area contributed by atoms with Gasteiger partial charge in [-0.25, -0.2) is 0 Å². The quantitative estimate of drug-likeness (QED) is 0.748. The van der Waals surface area contributed by atoms with Gasteiger partial charge in [0.2, 0.25) is 0 Å².